The van der Waals surface area contributed by atoms with Gasteiger partial charge in [0.05, 0.1) is 0 Å². The standard InChI is InChI=1S/C17H23N3O3S/c1-13(12-20-9-5-8-18-20)11-19-24(21,22)15-7-4-6-14-10-17(2,3)23-16(14)15/h4-9,13,19H,10-12H2,1-3H3. The third-order valence-corrected chi connectivity index (χ3v) is 5.47. The summed E-state index contributed by atoms with van der Waals surface area (Å²) in [5.74, 6) is 0.600. The number of fused-ring (bicyclic) bond motifs is 1. The minimum absolute atomic E-state index is 0.119. The van der Waals surface area contributed by atoms with Crippen LogP contribution in [0.3, 0.4) is 0 Å². The van der Waals surface area contributed by atoms with Crippen LogP contribution < -0.4 is 9.46 Å². The normalized spacial score (nSPS) is 17.3. The third-order valence-electron chi connectivity index (χ3n) is 4.02. The molecule has 130 valence electrons. The lowest BCUT2D eigenvalue weighted by molar-refractivity contribution is 0.135. The monoisotopic (exact) mass is 349 g/mol. The molecule has 0 spiro atoms. The molecule has 7 heteroatoms. The number of ether oxygens (including phenoxy) is 1. The minimum atomic E-state index is -3.61. The highest BCUT2D eigenvalue weighted by molar-refractivity contribution is 7.89. The van der Waals surface area contributed by atoms with Crippen LogP contribution in [0.15, 0.2) is 41.6 Å². The van der Waals surface area contributed by atoms with Crippen molar-refractivity contribution >= 4 is 10.0 Å². The fraction of sp³-hybridized carbons (Fsp3) is 0.471. The molecule has 1 aliphatic heterocycles. The molecule has 24 heavy (non-hydrogen) atoms. The van der Waals surface area contributed by atoms with Crippen LogP contribution in [-0.4, -0.2) is 30.3 Å². The molecule has 0 radical (unpaired) electrons. The van der Waals surface area contributed by atoms with Gasteiger partial charge in [-0.25, -0.2) is 13.1 Å². The van der Waals surface area contributed by atoms with E-state index in [1.807, 2.05) is 39.1 Å². The van der Waals surface area contributed by atoms with Gasteiger partial charge in [0.15, 0.2) is 0 Å². The van der Waals surface area contributed by atoms with E-state index in [0.717, 1.165) is 5.56 Å². The Bertz CT molecular complexity index is 814. The van der Waals surface area contributed by atoms with Crippen LogP contribution in [0, 0.1) is 5.92 Å². The van der Waals surface area contributed by atoms with Crippen molar-refractivity contribution in [3.05, 3.63) is 42.2 Å². The molecule has 2 aromatic rings. The SMILES string of the molecule is CC(CNS(=O)(=O)c1cccc2c1OC(C)(C)C2)Cn1cccn1. The first-order valence-corrected chi connectivity index (χ1v) is 9.53. The summed E-state index contributed by atoms with van der Waals surface area (Å²) in [7, 11) is -3.61. The number of nitrogens with zero attached hydrogens (tertiary/aromatic N) is 2. The highest BCUT2D eigenvalue weighted by Crippen LogP contribution is 2.39. The number of hydrogen-bond donors (Lipinski definition) is 1. The van der Waals surface area contributed by atoms with Crippen LogP contribution in [0.25, 0.3) is 0 Å². The lowest BCUT2D eigenvalue weighted by Crippen LogP contribution is -2.31. The fourth-order valence-corrected chi connectivity index (χ4v) is 4.26. The molecular formula is C17H23N3O3S. The summed E-state index contributed by atoms with van der Waals surface area (Å²) in [6.07, 6.45) is 4.29. The van der Waals surface area contributed by atoms with E-state index in [1.165, 1.54) is 0 Å². The van der Waals surface area contributed by atoms with Crippen LogP contribution in [0.1, 0.15) is 26.3 Å². The van der Waals surface area contributed by atoms with E-state index in [9.17, 15) is 8.42 Å². The lowest BCUT2D eigenvalue weighted by atomic mass is 10.0. The van der Waals surface area contributed by atoms with Crippen LogP contribution in [0.2, 0.25) is 0 Å². The molecule has 0 amide bonds. The van der Waals surface area contributed by atoms with Crippen molar-refractivity contribution in [3.8, 4) is 5.75 Å². The van der Waals surface area contributed by atoms with Gasteiger partial charge in [-0.1, -0.05) is 19.1 Å². The van der Waals surface area contributed by atoms with E-state index in [0.29, 0.717) is 25.3 Å². The predicted molar refractivity (Wildman–Crippen MR) is 91.4 cm³/mol. The Morgan fingerprint density at radius 3 is 2.88 bits per heavy atom. The number of sulfonamides is 1. The second-order valence-corrected chi connectivity index (χ2v) is 8.70. The van der Waals surface area contributed by atoms with E-state index in [2.05, 4.69) is 9.82 Å². The molecule has 1 atom stereocenters. The van der Waals surface area contributed by atoms with Gasteiger partial charge in [0, 0.05) is 31.9 Å². The average molecular weight is 349 g/mol. The van der Waals surface area contributed by atoms with Gasteiger partial charge in [0.1, 0.15) is 16.2 Å². The molecule has 0 saturated heterocycles. The summed E-state index contributed by atoms with van der Waals surface area (Å²) < 4.78 is 35.8. The Morgan fingerprint density at radius 2 is 2.17 bits per heavy atom. The molecule has 2 heterocycles. The van der Waals surface area contributed by atoms with Gasteiger partial charge in [-0.15, -0.1) is 0 Å². The molecule has 0 saturated carbocycles. The average Bonchev–Trinajstić information content (AvgIpc) is 3.10. The van der Waals surface area contributed by atoms with Gasteiger partial charge >= 0.3 is 0 Å². The van der Waals surface area contributed by atoms with Crippen LogP contribution >= 0.6 is 0 Å². The number of nitrogens with one attached hydrogen (secondary N) is 1. The van der Waals surface area contributed by atoms with Gasteiger partial charge < -0.3 is 4.74 Å². The summed E-state index contributed by atoms with van der Waals surface area (Å²) in [6, 6.07) is 7.14. The molecule has 1 aliphatic rings. The summed E-state index contributed by atoms with van der Waals surface area (Å²) in [5.41, 5.74) is 0.564. The highest BCUT2D eigenvalue weighted by atomic mass is 32.2. The molecule has 1 unspecified atom stereocenters. The van der Waals surface area contributed by atoms with E-state index in [1.54, 1.807) is 23.0 Å². The maximum absolute atomic E-state index is 12.7. The first kappa shape index (κ1) is 17.0. The third kappa shape index (κ3) is 3.62. The maximum Gasteiger partial charge on any atom is 0.244 e. The topological polar surface area (TPSA) is 73.2 Å². The van der Waals surface area contributed by atoms with Crippen LogP contribution in [0.5, 0.6) is 5.75 Å². The molecule has 0 bridgehead atoms. The van der Waals surface area contributed by atoms with E-state index in [-0.39, 0.29) is 16.4 Å². The van der Waals surface area contributed by atoms with Gasteiger partial charge in [-0.05, 0) is 37.5 Å². The van der Waals surface area contributed by atoms with Crippen molar-refractivity contribution in [2.45, 2.75) is 44.2 Å². The van der Waals surface area contributed by atoms with Crippen molar-refractivity contribution in [2.75, 3.05) is 6.54 Å². The number of hydrogen-bond acceptors (Lipinski definition) is 4. The van der Waals surface area contributed by atoms with E-state index in [4.69, 9.17) is 4.74 Å². The van der Waals surface area contributed by atoms with Crippen molar-refractivity contribution in [2.24, 2.45) is 5.92 Å². The van der Waals surface area contributed by atoms with E-state index < -0.39 is 10.0 Å². The predicted octanol–water partition coefficient (Wildman–Crippen LogP) is 2.21. The largest absolute Gasteiger partial charge is 0.486 e. The van der Waals surface area contributed by atoms with Crippen molar-refractivity contribution < 1.29 is 13.2 Å². The summed E-state index contributed by atoms with van der Waals surface area (Å²) in [5, 5.41) is 4.14. The first-order valence-electron chi connectivity index (χ1n) is 8.05. The number of para-hydroxylation sites is 1. The zero-order valence-electron chi connectivity index (χ0n) is 14.2. The van der Waals surface area contributed by atoms with Crippen molar-refractivity contribution in [1.29, 1.82) is 0 Å². The smallest absolute Gasteiger partial charge is 0.244 e. The number of benzene rings is 1. The summed E-state index contributed by atoms with van der Waals surface area (Å²) in [4.78, 5) is 0.219. The Morgan fingerprint density at radius 1 is 1.38 bits per heavy atom. The molecule has 0 fully saturated rings. The number of rotatable bonds is 6. The second kappa shape index (κ2) is 6.22. The quantitative estimate of drug-likeness (QED) is 0.868. The van der Waals surface area contributed by atoms with Crippen molar-refractivity contribution in [3.63, 3.8) is 0 Å². The molecule has 1 aromatic heterocycles. The molecule has 1 N–H and O–H groups in total. The Hall–Kier alpha value is -1.86. The molecule has 0 aliphatic carbocycles. The molecule has 3 rings (SSSR count). The van der Waals surface area contributed by atoms with Gasteiger partial charge in [-0.3, -0.25) is 4.68 Å². The molecule has 6 nitrogen and oxygen atoms in total. The zero-order valence-corrected chi connectivity index (χ0v) is 15.0. The molecular weight excluding hydrogens is 326 g/mol. The Balaban J connectivity index is 1.72. The fourth-order valence-electron chi connectivity index (χ4n) is 2.92. The maximum atomic E-state index is 12.7. The molecule has 1 aromatic carbocycles. The van der Waals surface area contributed by atoms with Gasteiger partial charge in [-0.2, -0.15) is 5.10 Å². The Labute approximate surface area is 142 Å². The first-order chi connectivity index (χ1) is 11.3. The second-order valence-electron chi connectivity index (χ2n) is 6.97. The van der Waals surface area contributed by atoms with Crippen LogP contribution in [-0.2, 0) is 23.0 Å². The number of aromatic nitrogens is 2. The lowest BCUT2D eigenvalue weighted by Gasteiger charge is -2.19. The van der Waals surface area contributed by atoms with Gasteiger partial charge in [0.25, 0.3) is 0 Å². The van der Waals surface area contributed by atoms with Crippen molar-refractivity contribution in [1.82, 2.24) is 14.5 Å². The Kier molecular flexibility index (Phi) is 4.40. The van der Waals surface area contributed by atoms with E-state index >= 15 is 0 Å². The summed E-state index contributed by atoms with van der Waals surface area (Å²) in [6.45, 7) is 6.91. The van der Waals surface area contributed by atoms with Crippen LogP contribution in [0.4, 0.5) is 0 Å². The highest BCUT2D eigenvalue weighted by Gasteiger charge is 2.34. The summed E-state index contributed by atoms with van der Waals surface area (Å²) >= 11 is 0. The zero-order chi connectivity index (χ0) is 17.4. The minimum Gasteiger partial charge on any atom is -0.486 e. The van der Waals surface area contributed by atoms with Gasteiger partial charge in [0.2, 0.25) is 10.0 Å².